The summed E-state index contributed by atoms with van der Waals surface area (Å²) in [7, 11) is 1.86. The first-order valence-corrected chi connectivity index (χ1v) is 5.44. The van der Waals surface area contributed by atoms with Gasteiger partial charge in [0.25, 0.3) is 5.56 Å². The van der Waals surface area contributed by atoms with Crippen molar-refractivity contribution in [3.63, 3.8) is 0 Å². The van der Waals surface area contributed by atoms with Crippen LogP contribution in [0.25, 0.3) is 0 Å². The molecule has 0 radical (unpaired) electrons. The summed E-state index contributed by atoms with van der Waals surface area (Å²) in [5.41, 5.74) is -0.300. The van der Waals surface area contributed by atoms with Crippen molar-refractivity contribution in [3.8, 4) is 0 Å². The summed E-state index contributed by atoms with van der Waals surface area (Å²) in [5, 5.41) is 0.770. The van der Waals surface area contributed by atoms with Crippen LogP contribution in [-0.2, 0) is 0 Å². The predicted octanol–water partition coefficient (Wildman–Crippen LogP) is 1.38. The Labute approximate surface area is 91.5 Å². The third-order valence-corrected chi connectivity index (χ3v) is 3.61. The number of anilines is 1. The van der Waals surface area contributed by atoms with Gasteiger partial charge in [-0.3, -0.25) is 4.79 Å². The lowest BCUT2D eigenvalue weighted by Crippen LogP contribution is -2.45. The molecule has 0 aliphatic rings. The van der Waals surface area contributed by atoms with Crippen LogP contribution in [0.5, 0.6) is 0 Å². The summed E-state index contributed by atoms with van der Waals surface area (Å²) in [6, 6.07) is 0. The van der Waals surface area contributed by atoms with E-state index in [2.05, 4.69) is 25.9 Å². The second kappa shape index (κ2) is 4.13. The monoisotopic (exact) mass is 259 g/mol. The molecule has 1 heterocycles. The number of H-pyrrole nitrogens is 1. The predicted molar refractivity (Wildman–Crippen MR) is 61.1 cm³/mol. The molecule has 0 saturated carbocycles. The van der Waals surface area contributed by atoms with Crippen LogP contribution in [0.15, 0.2) is 17.2 Å². The van der Waals surface area contributed by atoms with Crippen molar-refractivity contribution < 1.29 is 0 Å². The summed E-state index contributed by atoms with van der Waals surface area (Å²) in [6.07, 6.45) is 3.11. The van der Waals surface area contributed by atoms with Gasteiger partial charge in [0.1, 0.15) is 0 Å². The van der Waals surface area contributed by atoms with Crippen molar-refractivity contribution in [1.29, 1.82) is 0 Å². The zero-order chi connectivity index (χ0) is 10.8. The SMILES string of the molecule is CN(c1ncc[nH]c1=O)C(C)(C)CBr. The van der Waals surface area contributed by atoms with Crippen LogP contribution in [0.4, 0.5) is 5.82 Å². The van der Waals surface area contributed by atoms with Crippen LogP contribution < -0.4 is 10.5 Å². The molecule has 4 nitrogen and oxygen atoms in total. The van der Waals surface area contributed by atoms with Gasteiger partial charge in [-0.05, 0) is 13.8 Å². The quantitative estimate of drug-likeness (QED) is 0.835. The van der Waals surface area contributed by atoms with E-state index < -0.39 is 0 Å². The summed E-state index contributed by atoms with van der Waals surface area (Å²) >= 11 is 3.41. The van der Waals surface area contributed by atoms with Crippen LogP contribution in [0.1, 0.15) is 13.8 Å². The molecule has 78 valence electrons. The lowest BCUT2D eigenvalue weighted by Gasteiger charge is -2.34. The molecule has 1 aromatic rings. The van der Waals surface area contributed by atoms with Gasteiger partial charge in [0.05, 0.1) is 0 Å². The van der Waals surface area contributed by atoms with E-state index in [-0.39, 0.29) is 11.1 Å². The molecule has 0 amide bonds. The van der Waals surface area contributed by atoms with Gasteiger partial charge in [0.2, 0.25) is 0 Å². The Morgan fingerprint density at radius 3 is 2.79 bits per heavy atom. The van der Waals surface area contributed by atoms with Gasteiger partial charge in [-0.1, -0.05) is 15.9 Å². The second-order valence-electron chi connectivity index (χ2n) is 3.75. The van der Waals surface area contributed by atoms with Crippen molar-refractivity contribution in [1.82, 2.24) is 9.97 Å². The maximum atomic E-state index is 11.4. The van der Waals surface area contributed by atoms with Crippen LogP contribution in [-0.4, -0.2) is 27.9 Å². The summed E-state index contributed by atoms with van der Waals surface area (Å²) in [4.78, 5) is 20.0. The van der Waals surface area contributed by atoms with Gasteiger partial charge in [-0.25, -0.2) is 4.98 Å². The first-order valence-electron chi connectivity index (χ1n) is 4.32. The number of nitrogens with zero attached hydrogens (tertiary/aromatic N) is 2. The fourth-order valence-electron chi connectivity index (χ4n) is 0.959. The fraction of sp³-hybridized carbons (Fsp3) is 0.556. The number of rotatable bonds is 3. The number of alkyl halides is 1. The third-order valence-electron chi connectivity index (χ3n) is 2.24. The third kappa shape index (κ3) is 2.15. The Hall–Kier alpha value is -0.840. The molecule has 0 saturated heterocycles. The maximum Gasteiger partial charge on any atom is 0.290 e. The standard InChI is InChI=1S/C9H14BrN3O/c1-9(2,6-10)13(3)7-8(14)12-5-4-11-7/h4-5H,6H2,1-3H3,(H,12,14). The van der Waals surface area contributed by atoms with Crippen molar-refractivity contribution >= 4 is 21.7 Å². The number of halogens is 1. The summed E-state index contributed by atoms with van der Waals surface area (Å²) in [5.74, 6) is 0.442. The molecule has 0 aliphatic carbocycles. The molecule has 1 aromatic heterocycles. The van der Waals surface area contributed by atoms with Crippen LogP contribution in [0.3, 0.4) is 0 Å². The highest BCUT2D eigenvalue weighted by Gasteiger charge is 2.24. The van der Waals surface area contributed by atoms with Crippen molar-refractivity contribution in [2.75, 3.05) is 17.3 Å². The van der Waals surface area contributed by atoms with Crippen molar-refractivity contribution in [2.45, 2.75) is 19.4 Å². The molecule has 0 aromatic carbocycles. The number of aromatic amines is 1. The molecule has 0 fully saturated rings. The van der Waals surface area contributed by atoms with Crippen molar-refractivity contribution in [2.24, 2.45) is 0 Å². The minimum Gasteiger partial charge on any atom is -0.349 e. The van der Waals surface area contributed by atoms with E-state index in [1.54, 1.807) is 6.20 Å². The van der Waals surface area contributed by atoms with E-state index in [1.165, 1.54) is 6.20 Å². The Kier molecular flexibility index (Phi) is 3.31. The average Bonchev–Trinajstić information content (AvgIpc) is 2.17. The minimum absolute atomic E-state index is 0.138. The highest BCUT2D eigenvalue weighted by Crippen LogP contribution is 2.18. The van der Waals surface area contributed by atoms with Crippen LogP contribution in [0.2, 0.25) is 0 Å². The number of hydrogen-bond acceptors (Lipinski definition) is 3. The number of aromatic nitrogens is 2. The van der Waals surface area contributed by atoms with E-state index in [0.717, 1.165) is 5.33 Å². The lowest BCUT2D eigenvalue weighted by atomic mass is 10.1. The lowest BCUT2D eigenvalue weighted by molar-refractivity contribution is 0.544. The molecular weight excluding hydrogens is 246 g/mol. The topological polar surface area (TPSA) is 49.0 Å². The zero-order valence-corrected chi connectivity index (χ0v) is 10.1. The average molecular weight is 260 g/mol. The van der Waals surface area contributed by atoms with Crippen molar-refractivity contribution in [3.05, 3.63) is 22.7 Å². The van der Waals surface area contributed by atoms with E-state index >= 15 is 0 Å². The molecule has 0 spiro atoms. The van der Waals surface area contributed by atoms with Gasteiger partial charge in [0, 0.05) is 30.3 Å². The smallest absolute Gasteiger partial charge is 0.290 e. The molecule has 14 heavy (non-hydrogen) atoms. The van der Waals surface area contributed by atoms with Crippen LogP contribution >= 0.6 is 15.9 Å². The van der Waals surface area contributed by atoms with E-state index in [1.807, 2.05) is 25.8 Å². The molecule has 5 heteroatoms. The number of hydrogen-bond donors (Lipinski definition) is 1. The molecule has 1 rings (SSSR count). The largest absolute Gasteiger partial charge is 0.349 e. The second-order valence-corrected chi connectivity index (χ2v) is 4.31. The Morgan fingerprint density at radius 2 is 2.29 bits per heavy atom. The normalized spacial score (nSPS) is 11.4. The van der Waals surface area contributed by atoms with Crippen LogP contribution in [0, 0.1) is 0 Å². The Balaban J connectivity index is 3.07. The van der Waals surface area contributed by atoms with E-state index in [4.69, 9.17) is 0 Å². The Bertz CT molecular complexity index is 361. The van der Waals surface area contributed by atoms with E-state index in [0.29, 0.717) is 5.82 Å². The minimum atomic E-state index is -0.163. The first-order chi connectivity index (χ1) is 6.49. The molecule has 0 bridgehead atoms. The maximum absolute atomic E-state index is 11.4. The molecule has 1 N–H and O–H groups in total. The molecular formula is C9H14BrN3O. The molecule has 0 atom stereocenters. The first kappa shape index (κ1) is 11.2. The number of nitrogens with one attached hydrogen (secondary N) is 1. The zero-order valence-electron chi connectivity index (χ0n) is 8.54. The highest BCUT2D eigenvalue weighted by molar-refractivity contribution is 9.09. The fourth-order valence-corrected chi connectivity index (χ4v) is 1.34. The molecule has 0 aliphatic heterocycles. The van der Waals surface area contributed by atoms with E-state index in [9.17, 15) is 4.79 Å². The molecule has 0 unspecified atom stereocenters. The van der Waals surface area contributed by atoms with Gasteiger partial charge < -0.3 is 9.88 Å². The van der Waals surface area contributed by atoms with Gasteiger partial charge in [-0.15, -0.1) is 0 Å². The van der Waals surface area contributed by atoms with Gasteiger partial charge >= 0.3 is 0 Å². The Morgan fingerprint density at radius 1 is 1.64 bits per heavy atom. The summed E-state index contributed by atoms with van der Waals surface area (Å²) < 4.78 is 0. The highest BCUT2D eigenvalue weighted by atomic mass is 79.9. The van der Waals surface area contributed by atoms with Gasteiger partial charge in [-0.2, -0.15) is 0 Å². The van der Waals surface area contributed by atoms with Gasteiger partial charge in [0.15, 0.2) is 5.82 Å². The summed E-state index contributed by atoms with van der Waals surface area (Å²) in [6.45, 7) is 4.08.